The molecule has 0 saturated carbocycles. The summed E-state index contributed by atoms with van der Waals surface area (Å²) in [6, 6.07) is 7.21. The number of benzene rings is 1. The smallest absolute Gasteiger partial charge is 0.324 e. The molecule has 7 heteroatoms. The number of urea groups is 1. The highest BCUT2D eigenvalue weighted by Crippen LogP contribution is 2.19. The molecule has 3 amide bonds. The number of nitrogens with zero attached hydrogens (tertiary/aromatic N) is 2. The number of piperazine rings is 1. The molecule has 0 spiro atoms. The van der Waals surface area contributed by atoms with Crippen LogP contribution in [0.2, 0.25) is 5.02 Å². The van der Waals surface area contributed by atoms with Gasteiger partial charge in [-0.05, 0) is 31.2 Å². The number of hydrogen-bond donors (Lipinski definition) is 1. The predicted octanol–water partition coefficient (Wildman–Crippen LogP) is 2.33. The predicted molar refractivity (Wildman–Crippen MR) is 84.1 cm³/mol. The van der Waals surface area contributed by atoms with Crippen molar-refractivity contribution in [3.63, 3.8) is 0 Å². The number of carbonyl (C=O) groups is 2. The first-order chi connectivity index (χ1) is 9.97. The van der Waals surface area contributed by atoms with Crippen molar-refractivity contribution in [2.24, 2.45) is 0 Å². The standard InChI is InChI=1S/C14H17Cl2N3O2/c1-10(15)13(20)17-14(21)19-8-6-18(7-9-19)12-4-2-11(16)3-5-12/h2-5,10H,6-9H2,1H3,(H,17,20,21). The molecule has 0 aromatic heterocycles. The molecule has 1 atom stereocenters. The third kappa shape index (κ3) is 4.25. The Morgan fingerprint density at radius 3 is 2.24 bits per heavy atom. The number of amides is 3. The topological polar surface area (TPSA) is 52.7 Å². The Balaban J connectivity index is 1.87. The summed E-state index contributed by atoms with van der Waals surface area (Å²) in [7, 11) is 0. The van der Waals surface area contributed by atoms with E-state index in [-0.39, 0.29) is 6.03 Å². The summed E-state index contributed by atoms with van der Waals surface area (Å²) in [6.07, 6.45) is 0. The Bertz CT molecular complexity index is 511. The molecule has 1 aromatic carbocycles. The zero-order valence-electron chi connectivity index (χ0n) is 11.7. The molecule has 0 bridgehead atoms. The van der Waals surface area contributed by atoms with Crippen LogP contribution in [0.25, 0.3) is 0 Å². The van der Waals surface area contributed by atoms with Crippen LogP contribution in [0, 0.1) is 0 Å². The van der Waals surface area contributed by atoms with Crippen molar-refractivity contribution in [3.05, 3.63) is 29.3 Å². The van der Waals surface area contributed by atoms with E-state index in [1.165, 1.54) is 6.92 Å². The Morgan fingerprint density at radius 1 is 1.14 bits per heavy atom. The molecule has 1 fully saturated rings. The molecule has 1 aromatic rings. The number of carbonyl (C=O) groups excluding carboxylic acids is 2. The van der Waals surface area contributed by atoms with E-state index in [0.29, 0.717) is 31.2 Å². The van der Waals surface area contributed by atoms with E-state index in [0.717, 1.165) is 5.69 Å². The van der Waals surface area contributed by atoms with Crippen molar-refractivity contribution in [2.75, 3.05) is 31.1 Å². The van der Waals surface area contributed by atoms with E-state index in [1.54, 1.807) is 4.90 Å². The first-order valence-electron chi connectivity index (χ1n) is 6.71. The molecule has 1 unspecified atom stereocenters. The largest absolute Gasteiger partial charge is 0.368 e. The van der Waals surface area contributed by atoms with Crippen LogP contribution in [-0.4, -0.2) is 48.4 Å². The maximum atomic E-state index is 11.9. The van der Waals surface area contributed by atoms with Crippen LogP contribution < -0.4 is 10.2 Å². The lowest BCUT2D eigenvalue weighted by atomic mass is 10.2. The van der Waals surface area contributed by atoms with E-state index < -0.39 is 11.3 Å². The maximum Gasteiger partial charge on any atom is 0.324 e. The second kappa shape index (κ2) is 7.00. The number of hydrogen-bond acceptors (Lipinski definition) is 3. The Morgan fingerprint density at radius 2 is 1.71 bits per heavy atom. The molecular formula is C14H17Cl2N3O2. The molecule has 1 N–H and O–H groups in total. The number of alkyl halides is 1. The van der Waals surface area contributed by atoms with Crippen LogP contribution >= 0.6 is 23.2 Å². The highest BCUT2D eigenvalue weighted by atomic mass is 35.5. The van der Waals surface area contributed by atoms with Gasteiger partial charge in [0.25, 0.3) is 0 Å². The fraction of sp³-hybridized carbons (Fsp3) is 0.429. The highest BCUT2D eigenvalue weighted by molar-refractivity contribution is 6.31. The number of halogens is 2. The van der Waals surface area contributed by atoms with Gasteiger partial charge < -0.3 is 9.80 Å². The van der Waals surface area contributed by atoms with Crippen molar-refractivity contribution in [3.8, 4) is 0 Å². The minimum Gasteiger partial charge on any atom is -0.368 e. The van der Waals surface area contributed by atoms with E-state index in [2.05, 4.69) is 10.2 Å². The van der Waals surface area contributed by atoms with Gasteiger partial charge in [0.1, 0.15) is 5.38 Å². The number of nitrogens with one attached hydrogen (secondary N) is 1. The van der Waals surface area contributed by atoms with Gasteiger partial charge in [0.2, 0.25) is 5.91 Å². The lowest BCUT2D eigenvalue weighted by Crippen LogP contribution is -2.53. The SMILES string of the molecule is CC(Cl)C(=O)NC(=O)N1CCN(c2ccc(Cl)cc2)CC1. The van der Waals surface area contributed by atoms with Crippen LogP contribution in [0.15, 0.2) is 24.3 Å². The number of imide groups is 1. The second-order valence-electron chi connectivity index (χ2n) is 4.86. The molecule has 114 valence electrons. The minimum atomic E-state index is -0.718. The molecule has 1 saturated heterocycles. The molecular weight excluding hydrogens is 313 g/mol. The number of rotatable bonds is 2. The van der Waals surface area contributed by atoms with Gasteiger partial charge in [-0.1, -0.05) is 11.6 Å². The Hall–Kier alpha value is -1.46. The van der Waals surface area contributed by atoms with Gasteiger partial charge in [0.15, 0.2) is 0 Å². The Labute approximate surface area is 133 Å². The molecule has 1 heterocycles. The summed E-state index contributed by atoms with van der Waals surface area (Å²) in [4.78, 5) is 27.1. The summed E-state index contributed by atoms with van der Waals surface area (Å²) in [5, 5.41) is 2.27. The third-order valence-corrected chi connectivity index (χ3v) is 3.80. The summed E-state index contributed by atoms with van der Waals surface area (Å²) >= 11 is 11.5. The fourth-order valence-corrected chi connectivity index (χ4v) is 2.28. The Kier molecular flexibility index (Phi) is 5.31. The summed E-state index contributed by atoms with van der Waals surface area (Å²) in [5.74, 6) is -0.471. The summed E-state index contributed by atoms with van der Waals surface area (Å²) < 4.78 is 0. The van der Waals surface area contributed by atoms with E-state index in [4.69, 9.17) is 23.2 Å². The monoisotopic (exact) mass is 329 g/mol. The second-order valence-corrected chi connectivity index (χ2v) is 5.95. The van der Waals surface area contributed by atoms with Gasteiger partial charge in [-0.3, -0.25) is 10.1 Å². The van der Waals surface area contributed by atoms with Crippen LogP contribution in [0.5, 0.6) is 0 Å². The van der Waals surface area contributed by atoms with Crippen molar-refractivity contribution in [1.82, 2.24) is 10.2 Å². The van der Waals surface area contributed by atoms with Crippen LogP contribution in [0.3, 0.4) is 0 Å². The van der Waals surface area contributed by atoms with Crippen molar-refractivity contribution >= 4 is 40.8 Å². The normalized spacial score (nSPS) is 16.5. The lowest BCUT2D eigenvalue weighted by Gasteiger charge is -2.36. The fourth-order valence-electron chi connectivity index (χ4n) is 2.10. The first kappa shape index (κ1) is 15.9. The molecule has 0 radical (unpaired) electrons. The van der Waals surface area contributed by atoms with Gasteiger partial charge in [0, 0.05) is 36.9 Å². The average molecular weight is 330 g/mol. The highest BCUT2D eigenvalue weighted by Gasteiger charge is 2.23. The van der Waals surface area contributed by atoms with Crippen LogP contribution in [-0.2, 0) is 4.79 Å². The zero-order valence-corrected chi connectivity index (χ0v) is 13.2. The molecule has 21 heavy (non-hydrogen) atoms. The van der Waals surface area contributed by atoms with E-state index >= 15 is 0 Å². The zero-order chi connectivity index (χ0) is 15.4. The van der Waals surface area contributed by atoms with E-state index in [1.807, 2.05) is 24.3 Å². The van der Waals surface area contributed by atoms with Gasteiger partial charge in [0.05, 0.1) is 0 Å². The van der Waals surface area contributed by atoms with Crippen LogP contribution in [0.1, 0.15) is 6.92 Å². The number of anilines is 1. The van der Waals surface area contributed by atoms with Gasteiger partial charge in [-0.2, -0.15) is 0 Å². The maximum absolute atomic E-state index is 11.9. The van der Waals surface area contributed by atoms with Crippen LogP contribution in [0.4, 0.5) is 10.5 Å². The summed E-state index contributed by atoms with van der Waals surface area (Å²) in [6.45, 7) is 4.05. The molecule has 1 aliphatic rings. The molecule has 1 aliphatic heterocycles. The van der Waals surface area contributed by atoms with Crippen molar-refractivity contribution < 1.29 is 9.59 Å². The van der Waals surface area contributed by atoms with Gasteiger partial charge in [-0.15, -0.1) is 11.6 Å². The van der Waals surface area contributed by atoms with Crippen molar-refractivity contribution in [1.29, 1.82) is 0 Å². The summed E-state index contributed by atoms with van der Waals surface area (Å²) in [5.41, 5.74) is 1.07. The molecule has 2 rings (SSSR count). The third-order valence-electron chi connectivity index (χ3n) is 3.35. The quantitative estimate of drug-likeness (QED) is 0.847. The molecule has 5 nitrogen and oxygen atoms in total. The van der Waals surface area contributed by atoms with Gasteiger partial charge >= 0.3 is 6.03 Å². The lowest BCUT2D eigenvalue weighted by molar-refractivity contribution is -0.119. The van der Waals surface area contributed by atoms with Crippen molar-refractivity contribution in [2.45, 2.75) is 12.3 Å². The van der Waals surface area contributed by atoms with E-state index in [9.17, 15) is 9.59 Å². The van der Waals surface area contributed by atoms with Gasteiger partial charge in [-0.25, -0.2) is 4.79 Å². The minimum absolute atomic E-state index is 0.386. The molecule has 0 aliphatic carbocycles. The average Bonchev–Trinajstić information content (AvgIpc) is 2.48. The first-order valence-corrected chi connectivity index (χ1v) is 7.53.